The van der Waals surface area contributed by atoms with Gasteiger partial charge in [-0.15, -0.1) is 0 Å². The predicted molar refractivity (Wildman–Crippen MR) is 90.8 cm³/mol. The van der Waals surface area contributed by atoms with Gasteiger partial charge in [0, 0.05) is 24.3 Å². The van der Waals surface area contributed by atoms with Crippen LogP contribution in [-0.4, -0.2) is 28.0 Å². The maximum absolute atomic E-state index is 12.1. The number of fused-ring (bicyclic) bond motifs is 1. The molecule has 0 bridgehead atoms. The number of pyridine rings is 1. The van der Waals surface area contributed by atoms with Crippen LogP contribution in [0, 0.1) is 6.92 Å². The molecule has 0 aliphatic heterocycles. The molecule has 0 saturated heterocycles. The quantitative estimate of drug-likeness (QED) is 0.749. The van der Waals surface area contributed by atoms with Crippen molar-refractivity contribution in [1.82, 2.24) is 9.55 Å². The van der Waals surface area contributed by atoms with Crippen LogP contribution in [-0.2, 0) is 16.6 Å². The fourth-order valence-electron chi connectivity index (χ4n) is 2.42. The van der Waals surface area contributed by atoms with Gasteiger partial charge >= 0.3 is 5.97 Å². The number of carbonyl (C=O) groups is 2. The Morgan fingerprint density at radius 3 is 2.75 bits per heavy atom. The number of carbonyl (C=O) groups excluding carboxylic acids is 2. The highest BCUT2D eigenvalue weighted by molar-refractivity contribution is 6.02. The van der Waals surface area contributed by atoms with Crippen molar-refractivity contribution in [1.29, 1.82) is 0 Å². The van der Waals surface area contributed by atoms with Gasteiger partial charge in [-0.25, -0.2) is 4.79 Å². The molecule has 1 aromatic carbocycles. The molecule has 0 radical (unpaired) electrons. The van der Waals surface area contributed by atoms with E-state index < -0.39 is 11.9 Å². The van der Waals surface area contributed by atoms with Crippen LogP contribution in [0.5, 0.6) is 0 Å². The van der Waals surface area contributed by atoms with E-state index in [4.69, 9.17) is 4.74 Å². The zero-order valence-electron chi connectivity index (χ0n) is 13.4. The van der Waals surface area contributed by atoms with Crippen LogP contribution in [0.4, 0.5) is 5.69 Å². The molecule has 0 fully saturated rings. The van der Waals surface area contributed by atoms with E-state index in [2.05, 4.69) is 10.3 Å². The number of esters is 1. The van der Waals surface area contributed by atoms with Crippen molar-refractivity contribution in [3.63, 3.8) is 0 Å². The highest BCUT2D eigenvalue weighted by atomic mass is 16.5. The molecule has 0 atom stereocenters. The first-order chi connectivity index (χ1) is 11.6. The fourth-order valence-corrected chi connectivity index (χ4v) is 2.42. The lowest BCUT2D eigenvalue weighted by Crippen LogP contribution is -2.22. The van der Waals surface area contributed by atoms with Gasteiger partial charge in [-0.3, -0.25) is 9.78 Å². The summed E-state index contributed by atoms with van der Waals surface area (Å²) < 4.78 is 6.80. The van der Waals surface area contributed by atoms with E-state index in [0.717, 1.165) is 16.6 Å². The number of hydrogen-bond donors (Lipinski definition) is 1. The molecule has 0 unspecified atom stereocenters. The normalized spacial score (nSPS) is 10.6. The first kappa shape index (κ1) is 15.7. The molecule has 0 aliphatic rings. The molecule has 1 N–H and O–H groups in total. The number of anilines is 1. The maximum atomic E-state index is 12.1. The van der Waals surface area contributed by atoms with Crippen LogP contribution < -0.4 is 5.32 Å². The van der Waals surface area contributed by atoms with Crippen LogP contribution in [0.25, 0.3) is 10.9 Å². The van der Waals surface area contributed by atoms with Crippen molar-refractivity contribution < 1.29 is 14.3 Å². The number of rotatable bonds is 4. The summed E-state index contributed by atoms with van der Waals surface area (Å²) in [6.45, 7) is 1.54. The molecule has 2 aromatic heterocycles. The lowest BCUT2D eigenvalue weighted by Gasteiger charge is -2.09. The zero-order chi connectivity index (χ0) is 17.1. The molecule has 1 amide bonds. The van der Waals surface area contributed by atoms with Gasteiger partial charge in [0.2, 0.25) is 0 Å². The van der Waals surface area contributed by atoms with Crippen LogP contribution >= 0.6 is 0 Å². The fraction of sp³-hybridized carbons (Fsp3) is 0.167. The SMILES string of the molecule is Cc1ccc(C(=O)OCC(=O)Nc2cccc3ncccc23)n1C. The summed E-state index contributed by atoms with van der Waals surface area (Å²) in [5, 5.41) is 3.58. The molecular formula is C18H17N3O3. The third-order valence-corrected chi connectivity index (χ3v) is 3.84. The summed E-state index contributed by atoms with van der Waals surface area (Å²) >= 11 is 0. The van der Waals surface area contributed by atoms with E-state index >= 15 is 0 Å². The summed E-state index contributed by atoms with van der Waals surface area (Å²) in [7, 11) is 1.77. The average molecular weight is 323 g/mol. The van der Waals surface area contributed by atoms with Crippen molar-refractivity contribution in [2.24, 2.45) is 7.05 Å². The van der Waals surface area contributed by atoms with Crippen LogP contribution in [0.15, 0.2) is 48.7 Å². The van der Waals surface area contributed by atoms with Crippen molar-refractivity contribution >= 4 is 28.5 Å². The number of hydrogen-bond acceptors (Lipinski definition) is 4. The summed E-state index contributed by atoms with van der Waals surface area (Å²) in [4.78, 5) is 28.3. The second kappa shape index (κ2) is 6.54. The van der Waals surface area contributed by atoms with Gasteiger partial charge in [0.05, 0.1) is 11.2 Å². The number of aryl methyl sites for hydroxylation is 1. The number of nitrogens with one attached hydrogen (secondary N) is 1. The van der Waals surface area contributed by atoms with Crippen molar-refractivity contribution in [2.45, 2.75) is 6.92 Å². The second-order valence-electron chi connectivity index (χ2n) is 5.42. The highest BCUT2D eigenvalue weighted by Gasteiger charge is 2.14. The summed E-state index contributed by atoms with van der Waals surface area (Å²) in [6.07, 6.45) is 1.69. The molecule has 0 spiro atoms. The molecule has 2 heterocycles. The Labute approximate surface area is 139 Å². The topological polar surface area (TPSA) is 73.2 Å². The van der Waals surface area contributed by atoms with Gasteiger partial charge in [-0.05, 0) is 43.3 Å². The van der Waals surface area contributed by atoms with Gasteiger partial charge in [-0.1, -0.05) is 6.07 Å². The Bertz CT molecular complexity index is 910. The Kier molecular flexibility index (Phi) is 4.29. The van der Waals surface area contributed by atoms with Crippen molar-refractivity contribution in [3.05, 3.63) is 60.0 Å². The number of benzene rings is 1. The third kappa shape index (κ3) is 3.12. The minimum Gasteiger partial charge on any atom is -0.451 e. The summed E-state index contributed by atoms with van der Waals surface area (Å²) in [5.41, 5.74) is 2.77. The number of aromatic nitrogens is 2. The largest absolute Gasteiger partial charge is 0.451 e. The Morgan fingerprint density at radius 1 is 1.17 bits per heavy atom. The van der Waals surface area contributed by atoms with Gasteiger partial charge in [-0.2, -0.15) is 0 Å². The van der Waals surface area contributed by atoms with E-state index in [-0.39, 0.29) is 6.61 Å². The van der Waals surface area contributed by atoms with Crippen LogP contribution in [0.3, 0.4) is 0 Å². The van der Waals surface area contributed by atoms with Crippen molar-refractivity contribution in [3.8, 4) is 0 Å². The monoisotopic (exact) mass is 323 g/mol. The van der Waals surface area contributed by atoms with Gasteiger partial charge in [0.25, 0.3) is 5.91 Å². The van der Waals surface area contributed by atoms with Gasteiger partial charge in [0.1, 0.15) is 5.69 Å². The third-order valence-electron chi connectivity index (χ3n) is 3.84. The molecular weight excluding hydrogens is 306 g/mol. The van der Waals surface area contributed by atoms with E-state index in [0.29, 0.717) is 11.4 Å². The van der Waals surface area contributed by atoms with E-state index in [1.807, 2.05) is 31.2 Å². The number of nitrogens with zero attached hydrogens (tertiary/aromatic N) is 2. The Hall–Kier alpha value is -3.15. The maximum Gasteiger partial charge on any atom is 0.355 e. The predicted octanol–water partition coefficient (Wildman–Crippen LogP) is 2.68. The van der Waals surface area contributed by atoms with Gasteiger partial charge < -0.3 is 14.6 Å². The number of ether oxygens (including phenoxy) is 1. The van der Waals surface area contributed by atoms with Crippen molar-refractivity contribution in [2.75, 3.05) is 11.9 Å². The molecule has 0 saturated carbocycles. The van der Waals surface area contributed by atoms with E-state index in [1.165, 1.54) is 0 Å². The van der Waals surface area contributed by atoms with Gasteiger partial charge in [0.15, 0.2) is 6.61 Å². The molecule has 122 valence electrons. The molecule has 24 heavy (non-hydrogen) atoms. The second-order valence-corrected chi connectivity index (χ2v) is 5.42. The lowest BCUT2D eigenvalue weighted by molar-refractivity contribution is -0.119. The average Bonchev–Trinajstić information content (AvgIpc) is 2.92. The summed E-state index contributed by atoms with van der Waals surface area (Å²) in [6, 6.07) is 12.6. The first-order valence-electron chi connectivity index (χ1n) is 7.49. The Morgan fingerprint density at radius 2 is 2.00 bits per heavy atom. The number of amides is 1. The molecule has 6 heteroatoms. The molecule has 3 rings (SSSR count). The summed E-state index contributed by atoms with van der Waals surface area (Å²) in [5.74, 6) is -0.925. The molecule has 6 nitrogen and oxygen atoms in total. The minimum atomic E-state index is -0.527. The van der Waals surface area contributed by atoms with Crippen LogP contribution in [0.2, 0.25) is 0 Å². The lowest BCUT2D eigenvalue weighted by atomic mass is 10.2. The van der Waals surface area contributed by atoms with E-state index in [9.17, 15) is 9.59 Å². The molecule has 0 aliphatic carbocycles. The minimum absolute atomic E-state index is 0.348. The highest BCUT2D eigenvalue weighted by Crippen LogP contribution is 2.21. The molecule has 3 aromatic rings. The standard InChI is InChI=1S/C18H17N3O3/c1-12-8-9-16(21(12)2)18(23)24-11-17(22)20-15-7-3-6-14-13(15)5-4-10-19-14/h3-10H,11H2,1-2H3,(H,20,22). The zero-order valence-corrected chi connectivity index (χ0v) is 13.4. The van der Waals surface area contributed by atoms with Crippen LogP contribution in [0.1, 0.15) is 16.2 Å². The first-order valence-corrected chi connectivity index (χ1v) is 7.49. The smallest absolute Gasteiger partial charge is 0.355 e. The Balaban J connectivity index is 1.65. The van der Waals surface area contributed by atoms with E-state index in [1.54, 1.807) is 36.0 Å².